The van der Waals surface area contributed by atoms with Gasteiger partial charge in [0.05, 0.1) is 11.4 Å². The Morgan fingerprint density at radius 3 is 2.55 bits per heavy atom. The van der Waals surface area contributed by atoms with Crippen LogP contribution in [0.15, 0.2) is 83.0 Å². The minimum Gasteiger partial charge on any atom is -0.356 e. The number of thiazole rings is 1. The standard InChI is InChI=1S/C29H26N4O2S3/c34-26(18-38-29(36)32-14-19-13-23(16-32)25-7-4-8-27(35)33(25)15-19)31-28-30-24(17-37-28)22-11-9-21(10-12-22)20-5-2-1-3-6-20/h1-12,17,19,23H,13-16,18H2,(H,30,31,34)/t19-,23+/m1/s1. The van der Waals surface area contributed by atoms with Crippen molar-refractivity contribution in [2.24, 2.45) is 5.92 Å². The number of thioether (sulfide) groups is 1. The molecular weight excluding hydrogens is 533 g/mol. The summed E-state index contributed by atoms with van der Waals surface area (Å²) in [6.45, 7) is 2.34. The number of pyridine rings is 1. The molecule has 2 bridgehead atoms. The Balaban J connectivity index is 1.02. The van der Waals surface area contributed by atoms with E-state index in [1.165, 1.54) is 28.7 Å². The number of benzene rings is 2. The van der Waals surface area contributed by atoms with Gasteiger partial charge in [-0.2, -0.15) is 0 Å². The Morgan fingerprint density at radius 2 is 1.74 bits per heavy atom. The van der Waals surface area contributed by atoms with E-state index in [2.05, 4.69) is 57.7 Å². The number of hydrogen-bond donors (Lipinski definition) is 1. The highest BCUT2D eigenvalue weighted by molar-refractivity contribution is 8.23. The van der Waals surface area contributed by atoms with Gasteiger partial charge in [0.25, 0.3) is 5.56 Å². The second-order valence-electron chi connectivity index (χ2n) is 9.69. The van der Waals surface area contributed by atoms with Crippen LogP contribution in [0.25, 0.3) is 22.4 Å². The van der Waals surface area contributed by atoms with Crippen molar-refractivity contribution in [2.45, 2.75) is 18.9 Å². The van der Waals surface area contributed by atoms with Crippen molar-refractivity contribution in [3.63, 3.8) is 0 Å². The Kier molecular flexibility index (Phi) is 7.14. The molecule has 1 fully saturated rings. The van der Waals surface area contributed by atoms with Crippen LogP contribution in [0.3, 0.4) is 0 Å². The van der Waals surface area contributed by atoms with E-state index in [1.54, 1.807) is 6.07 Å². The lowest BCUT2D eigenvalue weighted by Crippen LogP contribution is -2.48. The van der Waals surface area contributed by atoms with Crippen molar-refractivity contribution >= 4 is 50.7 Å². The number of rotatable bonds is 5. The number of nitrogens with one attached hydrogen (secondary N) is 1. The number of fused-ring (bicyclic) bond motifs is 4. The van der Waals surface area contributed by atoms with Gasteiger partial charge in [-0.05, 0) is 29.5 Å². The average Bonchev–Trinajstić information content (AvgIpc) is 3.41. The van der Waals surface area contributed by atoms with E-state index >= 15 is 0 Å². The molecule has 1 N–H and O–H groups in total. The van der Waals surface area contributed by atoms with E-state index in [1.807, 2.05) is 34.2 Å². The Morgan fingerprint density at radius 1 is 0.974 bits per heavy atom. The summed E-state index contributed by atoms with van der Waals surface area (Å²) in [5.74, 6) is 0.803. The fourth-order valence-electron chi connectivity index (χ4n) is 5.35. The van der Waals surface area contributed by atoms with Crippen LogP contribution >= 0.6 is 35.3 Å². The molecule has 2 aliphatic rings. The molecule has 1 amide bonds. The van der Waals surface area contributed by atoms with Crippen LogP contribution in [0.4, 0.5) is 5.13 Å². The lowest BCUT2D eigenvalue weighted by atomic mass is 9.83. The van der Waals surface area contributed by atoms with Crippen LogP contribution in [-0.4, -0.2) is 43.5 Å². The number of hydrogen-bond acceptors (Lipinski definition) is 6. The van der Waals surface area contributed by atoms with E-state index in [-0.39, 0.29) is 17.2 Å². The van der Waals surface area contributed by atoms with E-state index < -0.39 is 0 Å². The van der Waals surface area contributed by atoms with Crippen molar-refractivity contribution < 1.29 is 4.79 Å². The first-order valence-electron chi connectivity index (χ1n) is 12.6. The fourth-order valence-corrected chi connectivity index (χ4v) is 7.07. The monoisotopic (exact) mass is 558 g/mol. The predicted octanol–water partition coefficient (Wildman–Crippen LogP) is 5.71. The third-order valence-electron chi connectivity index (χ3n) is 7.10. The average molecular weight is 559 g/mol. The molecule has 4 heterocycles. The molecule has 0 radical (unpaired) electrons. The number of carbonyl (C=O) groups excluding carboxylic acids is 1. The van der Waals surface area contributed by atoms with Gasteiger partial charge in [-0.1, -0.05) is 84.6 Å². The molecule has 38 heavy (non-hydrogen) atoms. The van der Waals surface area contributed by atoms with Gasteiger partial charge >= 0.3 is 0 Å². The highest BCUT2D eigenvalue weighted by Crippen LogP contribution is 2.36. The van der Waals surface area contributed by atoms with Gasteiger partial charge in [0.15, 0.2) is 5.13 Å². The maximum atomic E-state index is 12.7. The maximum Gasteiger partial charge on any atom is 0.250 e. The predicted molar refractivity (Wildman–Crippen MR) is 160 cm³/mol. The Bertz CT molecular complexity index is 1530. The van der Waals surface area contributed by atoms with Crippen molar-refractivity contribution in [2.75, 3.05) is 24.2 Å². The van der Waals surface area contributed by atoms with Gasteiger partial charge in [-0.3, -0.25) is 9.59 Å². The van der Waals surface area contributed by atoms with Crippen LogP contribution < -0.4 is 10.9 Å². The Labute approximate surface area is 234 Å². The lowest BCUT2D eigenvalue weighted by molar-refractivity contribution is -0.113. The third kappa shape index (κ3) is 5.32. The molecule has 0 aliphatic carbocycles. The largest absolute Gasteiger partial charge is 0.356 e. The summed E-state index contributed by atoms with van der Waals surface area (Å²) in [5.41, 5.74) is 5.35. The van der Waals surface area contributed by atoms with Gasteiger partial charge < -0.3 is 14.8 Å². The lowest BCUT2D eigenvalue weighted by Gasteiger charge is -2.43. The first kappa shape index (κ1) is 25.0. The molecule has 0 unspecified atom stereocenters. The molecule has 2 atom stereocenters. The van der Waals surface area contributed by atoms with Gasteiger partial charge in [0.1, 0.15) is 4.32 Å². The second-order valence-corrected chi connectivity index (χ2v) is 12.2. The first-order valence-corrected chi connectivity index (χ1v) is 14.8. The molecule has 2 aromatic carbocycles. The number of nitrogens with zero attached hydrogens (tertiary/aromatic N) is 3. The molecule has 6 rings (SSSR count). The molecule has 1 saturated heterocycles. The molecule has 9 heteroatoms. The molecule has 0 spiro atoms. The van der Waals surface area contributed by atoms with Crippen LogP contribution in [0, 0.1) is 5.92 Å². The maximum absolute atomic E-state index is 12.7. The number of piperidine rings is 1. The quantitative estimate of drug-likeness (QED) is 0.316. The van der Waals surface area contributed by atoms with Gasteiger partial charge in [0.2, 0.25) is 5.91 Å². The molecule has 2 aromatic heterocycles. The SMILES string of the molecule is O=C(CSC(=S)N1C[C@H]2C[C@@H](C1)c1cccc(=O)n1C2)Nc1nc(-c2ccc(-c3ccccc3)cc2)cs1. The molecule has 4 aromatic rings. The Hall–Kier alpha value is -3.27. The van der Waals surface area contributed by atoms with Crippen molar-refractivity contribution in [1.82, 2.24) is 14.5 Å². The minimum absolute atomic E-state index is 0.0776. The van der Waals surface area contributed by atoms with Gasteiger partial charge in [-0.15, -0.1) is 11.3 Å². The van der Waals surface area contributed by atoms with Crippen molar-refractivity contribution in [1.29, 1.82) is 0 Å². The number of aromatic nitrogens is 2. The second kappa shape index (κ2) is 10.8. The summed E-state index contributed by atoms with van der Waals surface area (Å²) in [6.07, 6.45) is 1.08. The van der Waals surface area contributed by atoms with Crippen molar-refractivity contribution in [3.05, 3.63) is 94.2 Å². The summed E-state index contributed by atoms with van der Waals surface area (Å²) in [5, 5.41) is 5.46. The zero-order valence-electron chi connectivity index (χ0n) is 20.6. The number of amides is 1. The molecular formula is C29H26N4O2S3. The highest BCUT2D eigenvalue weighted by atomic mass is 32.2. The van der Waals surface area contributed by atoms with Gasteiger partial charge in [0, 0.05) is 48.3 Å². The number of anilines is 1. The van der Waals surface area contributed by atoms with Gasteiger partial charge in [-0.25, -0.2) is 4.98 Å². The summed E-state index contributed by atoms with van der Waals surface area (Å²) in [6, 6.07) is 24.1. The fraction of sp³-hybridized carbons (Fsp3) is 0.241. The van der Waals surface area contributed by atoms with Crippen LogP contribution in [0.5, 0.6) is 0 Å². The zero-order valence-corrected chi connectivity index (χ0v) is 23.0. The smallest absolute Gasteiger partial charge is 0.250 e. The first-order chi connectivity index (χ1) is 18.5. The van der Waals surface area contributed by atoms with E-state index in [0.717, 1.165) is 52.9 Å². The third-order valence-corrected chi connectivity index (χ3v) is 9.38. The summed E-state index contributed by atoms with van der Waals surface area (Å²) >= 11 is 8.51. The molecule has 192 valence electrons. The number of carbonyl (C=O) groups is 1. The summed E-state index contributed by atoms with van der Waals surface area (Å²) in [4.78, 5) is 31.7. The topological polar surface area (TPSA) is 67.2 Å². The number of thiocarbonyl (C=S) groups is 1. The van der Waals surface area contributed by atoms with Crippen molar-refractivity contribution in [3.8, 4) is 22.4 Å². The minimum atomic E-state index is -0.119. The zero-order chi connectivity index (χ0) is 26.1. The van der Waals surface area contributed by atoms with E-state index in [0.29, 0.717) is 17.0 Å². The van der Waals surface area contributed by atoms with Crippen LogP contribution in [0.2, 0.25) is 0 Å². The van der Waals surface area contributed by atoms with E-state index in [4.69, 9.17) is 12.2 Å². The van der Waals surface area contributed by atoms with E-state index in [9.17, 15) is 9.59 Å². The highest BCUT2D eigenvalue weighted by Gasteiger charge is 2.35. The molecule has 2 aliphatic heterocycles. The normalized spacial score (nSPS) is 18.1. The molecule has 6 nitrogen and oxygen atoms in total. The van der Waals surface area contributed by atoms with Crippen LogP contribution in [-0.2, 0) is 11.3 Å². The summed E-state index contributed by atoms with van der Waals surface area (Å²) in [7, 11) is 0. The number of likely N-dealkylation sites (tertiary alicyclic amines) is 1. The van der Waals surface area contributed by atoms with Crippen LogP contribution in [0.1, 0.15) is 18.0 Å². The molecule has 0 saturated carbocycles. The summed E-state index contributed by atoms with van der Waals surface area (Å²) < 4.78 is 2.65.